The molecule has 0 aromatic carbocycles. The Bertz CT molecular complexity index is 528. The van der Waals surface area contributed by atoms with Gasteiger partial charge in [-0.15, -0.1) is 0 Å². The first kappa shape index (κ1) is 22.1. The van der Waals surface area contributed by atoms with Crippen molar-refractivity contribution in [1.29, 1.82) is 5.26 Å². The normalized spacial score (nSPS) is 17.6. The Morgan fingerprint density at radius 3 is 2.31 bits per heavy atom. The van der Waals surface area contributed by atoms with Crippen LogP contribution in [0.3, 0.4) is 0 Å². The van der Waals surface area contributed by atoms with Gasteiger partial charge in [-0.25, -0.2) is 9.59 Å². The molecule has 0 aliphatic carbocycles. The van der Waals surface area contributed by atoms with E-state index in [1.165, 1.54) is 0 Å². The Kier molecular flexibility index (Phi) is 7.73. The van der Waals surface area contributed by atoms with Crippen LogP contribution >= 0.6 is 0 Å². The number of likely N-dealkylation sites (tertiary alicyclic amines) is 1. The first-order valence-corrected chi connectivity index (χ1v) is 9.27. The molecule has 1 aliphatic rings. The molecule has 1 aliphatic heterocycles. The second-order valence-corrected chi connectivity index (χ2v) is 8.66. The molecule has 0 bridgehead atoms. The molecule has 7 heteroatoms. The van der Waals surface area contributed by atoms with Crippen LogP contribution in [0.2, 0.25) is 0 Å². The lowest BCUT2D eigenvalue weighted by molar-refractivity contribution is 0.00871. The molecular weight excluding hydrogens is 334 g/mol. The maximum absolute atomic E-state index is 12.5. The number of unbranched alkanes of at least 4 members (excludes halogenated alkanes) is 1. The third kappa shape index (κ3) is 7.94. The fourth-order valence-corrected chi connectivity index (χ4v) is 2.77. The van der Waals surface area contributed by atoms with E-state index < -0.39 is 17.3 Å². The molecule has 0 unspecified atom stereocenters. The zero-order chi connectivity index (χ0) is 20.0. The predicted octanol–water partition coefficient (Wildman–Crippen LogP) is 3.93. The van der Waals surface area contributed by atoms with Crippen molar-refractivity contribution in [1.82, 2.24) is 9.80 Å². The fraction of sp³-hybridized carbons (Fsp3) is 0.842. The standard InChI is InChI=1S/C19H33N3O4/c1-18(2,3)25-16(23)21(12-8-7-11-20)14-15-10-9-13-22(15)17(24)26-19(4,5)6/h15H,7-10,12-14H2,1-6H3/t15-/m1/s1. The number of nitriles is 1. The van der Waals surface area contributed by atoms with Crippen molar-refractivity contribution in [2.24, 2.45) is 0 Å². The summed E-state index contributed by atoms with van der Waals surface area (Å²) in [6, 6.07) is 2.00. The predicted molar refractivity (Wildman–Crippen MR) is 98.6 cm³/mol. The van der Waals surface area contributed by atoms with Gasteiger partial charge in [-0.1, -0.05) is 0 Å². The minimum absolute atomic E-state index is 0.0977. The van der Waals surface area contributed by atoms with Crippen LogP contribution in [0.1, 0.15) is 67.2 Å². The van der Waals surface area contributed by atoms with Crippen LogP contribution in [-0.4, -0.2) is 58.9 Å². The second-order valence-electron chi connectivity index (χ2n) is 8.66. The lowest BCUT2D eigenvalue weighted by atomic mass is 10.2. The molecule has 2 amide bonds. The van der Waals surface area contributed by atoms with Crippen molar-refractivity contribution in [3.8, 4) is 6.07 Å². The molecule has 1 fully saturated rings. The van der Waals surface area contributed by atoms with Gasteiger partial charge in [-0.05, 0) is 60.8 Å². The quantitative estimate of drug-likeness (QED) is 0.688. The van der Waals surface area contributed by atoms with Crippen LogP contribution in [0.25, 0.3) is 0 Å². The Labute approximate surface area is 157 Å². The molecule has 0 saturated carbocycles. The van der Waals surface area contributed by atoms with Crippen molar-refractivity contribution < 1.29 is 19.1 Å². The Morgan fingerprint density at radius 1 is 1.15 bits per heavy atom. The van der Waals surface area contributed by atoms with Gasteiger partial charge in [0.1, 0.15) is 11.2 Å². The number of hydrogen-bond donors (Lipinski definition) is 0. The van der Waals surface area contributed by atoms with Crippen LogP contribution in [-0.2, 0) is 9.47 Å². The SMILES string of the molecule is CC(C)(C)OC(=O)N(CCCC#N)C[C@H]1CCCN1C(=O)OC(C)(C)C. The highest BCUT2D eigenvalue weighted by molar-refractivity contribution is 5.70. The van der Waals surface area contributed by atoms with Gasteiger partial charge in [0.05, 0.1) is 12.1 Å². The van der Waals surface area contributed by atoms with Gasteiger partial charge in [-0.3, -0.25) is 0 Å². The molecule has 0 spiro atoms. The molecule has 148 valence electrons. The van der Waals surface area contributed by atoms with E-state index in [1.807, 2.05) is 41.5 Å². The first-order valence-electron chi connectivity index (χ1n) is 9.27. The third-order valence-corrected chi connectivity index (χ3v) is 3.80. The van der Waals surface area contributed by atoms with E-state index in [9.17, 15) is 9.59 Å². The molecule has 1 saturated heterocycles. The highest BCUT2D eigenvalue weighted by atomic mass is 16.6. The summed E-state index contributed by atoms with van der Waals surface area (Å²) in [7, 11) is 0. The van der Waals surface area contributed by atoms with E-state index in [1.54, 1.807) is 9.80 Å². The van der Waals surface area contributed by atoms with Gasteiger partial charge in [0.25, 0.3) is 0 Å². The monoisotopic (exact) mass is 367 g/mol. The van der Waals surface area contributed by atoms with E-state index >= 15 is 0 Å². The van der Waals surface area contributed by atoms with Crippen molar-refractivity contribution in [2.75, 3.05) is 19.6 Å². The Morgan fingerprint density at radius 2 is 1.77 bits per heavy atom. The summed E-state index contributed by atoms with van der Waals surface area (Å²) < 4.78 is 11.0. The minimum Gasteiger partial charge on any atom is -0.444 e. The smallest absolute Gasteiger partial charge is 0.410 e. The Balaban J connectivity index is 2.79. The molecule has 0 N–H and O–H groups in total. The van der Waals surface area contributed by atoms with E-state index in [0.717, 1.165) is 12.8 Å². The number of amides is 2. The van der Waals surface area contributed by atoms with Crippen LogP contribution < -0.4 is 0 Å². The summed E-state index contributed by atoms with van der Waals surface area (Å²) in [5.41, 5.74) is -1.15. The van der Waals surface area contributed by atoms with Gasteiger partial charge in [0.2, 0.25) is 0 Å². The van der Waals surface area contributed by atoms with E-state index in [4.69, 9.17) is 14.7 Å². The molecular formula is C19H33N3O4. The highest BCUT2D eigenvalue weighted by Crippen LogP contribution is 2.22. The van der Waals surface area contributed by atoms with Crippen LogP contribution in [0.5, 0.6) is 0 Å². The summed E-state index contributed by atoms with van der Waals surface area (Å²) in [6.45, 7) is 12.4. The summed E-state index contributed by atoms with van der Waals surface area (Å²) >= 11 is 0. The highest BCUT2D eigenvalue weighted by Gasteiger charge is 2.35. The zero-order valence-electron chi connectivity index (χ0n) is 17.0. The third-order valence-electron chi connectivity index (χ3n) is 3.80. The molecule has 0 radical (unpaired) electrons. The van der Waals surface area contributed by atoms with Gasteiger partial charge >= 0.3 is 12.2 Å². The summed E-state index contributed by atoms with van der Waals surface area (Å²) in [5, 5.41) is 8.76. The first-order chi connectivity index (χ1) is 11.9. The lowest BCUT2D eigenvalue weighted by Gasteiger charge is -2.33. The molecule has 7 nitrogen and oxygen atoms in total. The molecule has 0 aromatic heterocycles. The number of hydrogen-bond acceptors (Lipinski definition) is 5. The van der Waals surface area contributed by atoms with Crippen molar-refractivity contribution in [2.45, 2.75) is 84.5 Å². The van der Waals surface area contributed by atoms with Crippen LogP contribution in [0, 0.1) is 11.3 Å². The topological polar surface area (TPSA) is 82.9 Å². The Hall–Kier alpha value is -1.97. The van der Waals surface area contributed by atoms with Crippen molar-refractivity contribution in [3.63, 3.8) is 0 Å². The number of ether oxygens (including phenoxy) is 2. The minimum atomic E-state index is -0.592. The van der Waals surface area contributed by atoms with Gasteiger partial charge in [-0.2, -0.15) is 5.26 Å². The largest absolute Gasteiger partial charge is 0.444 e. The maximum atomic E-state index is 12.5. The zero-order valence-corrected chi connectivity index (χ0v) is 17.0. The molecule has 1 heterocycles. The average Bonchev–Trinajstić information content (AvgIpc) is 2.91. The average molecular weight is 367 g/mol. The fourth-order valence-electron chi connectivity index (χ4n) is 2.77. The van der Waals surface area contributed by atoms with Crippen LogP contribution in [0.15, 0.2) is 0 Å². The van der Waals surface area contributed by atoms with Crippen molar-refractivity contribution >= 4 is 12.2 Å². The molecule has 1 atom stereocenters. The van der Waals surface area contributed by atoms with Gasteiger partial charge in [0.15, 0.2) is 0 Å². The van der Waals surface area contributed by atoms with Gasteiger partial charge < -0.3 is 19.3 Å². The van der Waals surface area contributed by atoms with E-state index in [0.29, 0.717) is 32.5 Å². The summed E-state index contributed by atoms with van der Waals surface area (Å²) in [4.78, 5) is 28.3. The lowest BCUT2D eigenvalue weighted by Crippen LogP contribution is -2.48. The van der Waals surface area contributed by atoms with Gasteiger partial charge in [0, 0.05) is 26.1 Å². The molecule has 1 rings (SSSR count). The maximum Gasteiger partial charge on any atom is 0.410 e. The number of carbonyl (C=O) groups excluding carboxylic acids is 2. The second kappa shape index (κ2) is 9.11. The molecule has 0 aromatic rings. The summed E-state index contributed by atoms with van der Waals surface area (Å²) in [6.07, 6.45) is 1.89. The molecule has 26 heavy (non-hydrogen) atoms. The van der Waals surface area contributed by atoms with Crippen molar-refractivity contribution in [3.05, 3.63) is 0 Å². The summed E-state index contributed by atoms with van der Waals surface area (Å²) in [5.74, 6) is 0. The number of rotatable bonds is 5. The van der Waals surface area contributed by atoms with E-state index in [2.05, 4.69) is 6.07 Å². The van der Waals surface area contributed by atoms with Crippen LogP contribution in [0.4, 0.5) is 9.59 Å². The number of carbonyl (C=O) groups is 2. The number of nitrogens with zero attached hydrogens (tertiary/aromatic N) is 3. The van der Waals surface area contributed by atoms with E-state index in [-0.39, 0.29) is 12.1 Å².